The lowest BCUT2D eigenvalue weighted by Crippen LogP contribution is -2.34. The monoisotopic (exact) mass is 286 g/mol. The molecule has 3 nitrogen and oxygen atoms in total. The van der Waals surface area contributed by atoms with Crippen molar-refractivity contribution in [2.45, 2.75) is 39.8 Å². The second kappa shape index (κ2) is 8.17. The average Bonchev–Trinajstić information content (AvgIpc) is 2.38. The number of hydrogen-bond acceptors (Lipinski definition) is 3. The van der Waals surface area contributed by atoms with E-state index in [0.717, 1.165) is 6.54 Å². The summed E-state index contributed by atoms with van der Waals surface area (Å²) in [4.78, 5) is 1.65. The third-order valence-corrected chi connectivity index (χ3v) is 3.12. The molecule has 20 heavy (non-hydrogen) atoms. The van der Waals surface area contributed by atoms with E-state index in [2.05, 4.69) is 5.32 Å². The summed E-state index contributed by atoms with van der Waals surface area (Å²) < 4.78 is 28.4. The molecule has 2 N–H and O–H groups in total. The molecule has 0 atom stereocenters. The molecule has 0 aliphatic heterocycles. The second-order valence-electron chi connectivity index (χ2n) is 5.05. The number of benzene rings is 1. The number of aliphatic hydroxyl groups excluding tert-OH is 1. The minimum Gasteiger partial charge on any atom is -0.396 e. The maximum atomic E-state index is 14.2. The molecule has 5 heteroatoms. The number of hydrogen-bond donors (Lipinski definition) is 2. The first-order valence-electron chi connectivity index (χ1n) is 7.07. The quantitative estimate of drug-likeness (QED) is 0.771. The molecule has 0 saturated carbocycles. The Labute approximate surface area is 119 Å². The zero-order valence-electron chi connectivity index (χ0n) is 12.4. The van der Waals surface area contributed by atoms with E-state index in [1.807, 2.05) is 20.8 Å². The molecular formula is C15H24F2N2O. The van der Waals surface area contributed by atoms with E-state index < -0.39 is 11.6 Å². The van der Waals surface area contributed by atoms with Crippen molar-refractivity contribution in [3.63, 3.8) is 0 Å². The molecule has 0 radical (unpaired) electrons. The fourth-order valence-electron chi connectivity index (χ4n) is 2.13. The lowest BCUT2D eigenvalue weighted by Gasteiger charge is -2.29. The van der Waals surface area contributed by atoms with Crippen molar-refractivity contribution in [3.05, 3.63) is 29.3 Å². The number of rotatable bonds is 8. The summed E-state index contributed by atoms with van der Waals surface area (Å²) >= 11 is 0. The van der Waals surface area contributed by atoms with Gasteiger partial charge in [0.15, 0.2) is 0 Å². The van der Waals surface area contributed by atoms with Crippen molar-refractivity contribution >= 4 is 5.69 Å². The Bertz CT molecular complexity index is 401. The van der Waals surface area contributed by atoms with Gasteiger partial charge in [-0.1, -0.05) is 6.92 Å². The lowest BCUT2D eigenvalue weighted by atomic mass is 10.1. The standard InChI is InChI=1S/C15H24F2N2O/c1-4-18-10-12-8-13(16)15(14(17)9-12)19(11(2)3)6-5-7-20/h8-9,11,18,20H,4-7,10H2,1-3H3. The van der Waals surface area contributed by atoms with Gasteiger partial charge in [-0.15, -0.1) is 0 Å². The highest BCUT2D eigenvalue weighted by atomic mass is 19.1. The number of halogens is 2. The molecular weight excluding hydrogens is 262 g/mol. The topological polar surface area (TPSA) is 35.5 Å². The average molecular weight is 286 g/mol. The van der Waals surface area contributed by atoms with Gasteiger partial charge in [-0.3, -0.25) is 0 Å². The summed E-state index contributed by atoms with van der Waals surface area (Å²) in [5.74, 6) is -1.10. The van der Waals surface area contributed by atoms with Crippen LogP contribution in [-0.2, 0) is 6.54 Å². The third kappa shape index (κ3) is 4.42. The highest BCUT2D eigenvalue weighted by Crippen LogP contribution is 2.27. The predicted octanol–water partition coefficient (Wildman–Crippen LogP) is 2.67. The van der Waals surface area contributed by atoms with Gasteiger partial charge < -0.3 is 15.3 Å². The summed E-state index contributed by atoms with van der Waals surface area (Å²) in [6.07, 6.45) is 0.482. The molecule has 0 heterocycles. The van der Waals surface area contributed by atoms with Gasteiger partial charge in [-0.25, -0.2) is 8.78 Å². The molecule has 0 saturated heterocycles. The van der Waals surface area contributed by atoms with Crippen molar-refractivity contribution in [2.75, 3.05) is 24.6 Å². The Morgan fingerprint density at radius 2 is 1.85 bits per heavy atom. The Kier molecular flexibility index (Phi) is 6.88. The number of nitrogens with zero attached hydrogens (tertiary/aromatic N) is 1. The summed E-state index contributed by atoms with van der Waals surface area (Å²) in [5, 5.41) is 11.9. The highest BCUT2D eigenvalue weighted by molar-refractivity contribution is 5.51. The molecule has 0 unspecified atom stereocenters. The van der Waals surface area contributed by atoms with Crippen LogP contribution >= 0.6 is 0 Å². The first-order valence-corrected chi connectivity index (χ1v) is 7.07. The van der Waals surface area contributed by atoms with E-state index in [1.165, 1.54) is 12.1 Å². The molecule has 0 aliphatic rings. The number of aliphatic hydroxyl groups is 1. The summed E-state index contributed by atoms with van der Waals surface area (Å²) in [5.41, 5.74) is 0.588. The van der Waals surface area contributed by atoms with Gasteiger partial charge in [0.1, 0.15) is 17.3 Å². The van der Waals surface area contributed by atoms with Crippen LogP contribution in [0.2, 0.25) is 0 Å². The van der Waals surface area contributed by atoms with Crippen molar-refractivity contribution in [3.8, 4) is 0 Å². The van der Waals surface area contributed by atoms with Gasteiger partial charge >= 0.3 is 0 Å². The van der Waals surface area contributed by atoms with Gasteiger partial charge in [-0.2, -0.15) is 0 Å². The third-order valence-electron chi connectivity index (χ3n) is 3.12. The summed E-state index contributed by atoms with van der Waals surface area (Å²) in [7, 11) is 0. The molecule has 0 aromatic heterocycles. The van der Waals surface area contributed by atoms with Crippen molar-refractivity contribution in [1.29, 1.82) is 0 Å². The van der Waals surface area contributed by atoms with Crippen LogP contribution in [-0.4, -0.2) is 30.8 Å². The molecule has 0 bridgehead atoms. The summed E-state index contributed by atoms with van der Waals surface area (Å²) in [6.45, 7) is 7.32. The number of nitrogens with one attached hydrogen (secondary N) is 1. The van der Waals surface area contributed by atoms with Crippen LogP contribution in [0.25, 0.3) is 0 Å². The van der Waals surface area contributed by atoms with Crippen LogP contribution in [0.4, 0.5) is 14.5 Å². The molecule has 1 aromatic carbocycles. The van der Waals surface area contributed by atoms with Crippen LogP contribution in [0.3, 0.4) is 0 Å². The van der Waals surface area contributed by atoms with Gasteiger partial charge in [0.25, 0.3) is 0 Å². The Balaban J connectivity index is 3.03. The maximum absolute atomic E-state index is 14.2. The molecule has 114 valence electrons. The van der Waals surface area contributed by atoms with Crippen molar-refractivity contribution in [2.24, 2.45) is 0 Å². The zero-order valence-corrected chi connectivity index (χ0v) is 12.4. The second-order valence-corrected chi connectivity index (χ2v) is 5.05. The van der Waals surface area contributed by atoms with E-state index in [4.69, 9.17) is 5.11 Å². The Morgan fingerprint density at radius 3 is 2.30 bits per heavy atom. The summed E-state index contributed by atoms with van der Waals surface area (Å²) in [6, 6.07) is 2.70. The molecule has 1 aromatic rings. The Morgan fingerprint density at radius 1 is 1.25 bits per heavy atom. The van der Waals surface area contributed by atoms with Crippen molar-refractivity contribution < 1.29 is 13.9 Å². The van der Waals surface area contributed by atoms with E-state index in [-0.39, 0.29) is 18.3 Å². The zero-order chi connectivity index (χ0) is 15.1. The molecule has 0 aliphatic carbocycles. The van der Waals surface area contributed by atoms with Crippen LogP contribution in [0.5, 0.6) is 0 Å². The van der Waals surface area contributed by atoms with Crippen LogP contribution in [0.1, 0.15) is 32.8 Å². The smallest absolute Gasteiger partial charge is 0.149 e. The first kappa shape index (κ1) is 16.9. The van der Waals surface area contributed by atoms with Crippen molar-refractivity contribution in [1.82, 2.24) is 5.32 Å². The fraction of sp³-hybridized carbons (Fsp3) is 0.600. The predicted molar refractivity (Wildman–Crippen MR) is 77.9 cm³/mol. The van der Waals surface area contributed by atoms with E-state index in [1.54, 1.807) is 4.90 Å². The van der Waals surface area contributed by atoms with Gasteiger partial charge in [0.05, 0.1) is 0 Å². The number of anilines is 1. The van der Waals surface area contributed by atoms with Gasteiger partial charge in [0, 0.05) is 25.7 Å². The van der Waals surface area contributed by atoms with Crippen LogP contribution in [0, 0.1) is 11.6 Å². The van der Waals surface area contributed by atoms with E-state index in [9.17, 15) is 8.78 Å². The van der Waals surface area contributed by atoms with Gasteiger partial charge in [-0.05, 0) is 44.5 Å². The van der Waals surface area contributed by atoms with Crippen LogP contribution < -0.4 is 10.2 Å². The fourth-order valence-corrected chi connectivity index (χ4v) is 2.13. The van der Waals surface area contributed by atoms with Crippen LogP contribution in [0.15, 0.2) is 12.1 Å². The first-order chi connectivity index (χ1) is 9.51. The molecule has 0 amide bonds. The minimum absolute atomic E-state index is 0.00492. The molecule has 0 spiro atoms. The largest absolute Gasteiger partial charge is 0.396 e. The molecule has 1 rings (SSSR count). The maximum Gasteiger partial charge on any atom is 0.149 e. The molecule has 0 fully saturated rings. The van der Waals surface area contributed by atoms with E-state index in [0.29, 0.717) is 25.1 Å². The van der Waals surface area contributed by atoms with E-state index >= 15 is 0 Å². The lowest BCUT2D eigenvalue weighted by molar-refractivity contribution is 0.288. The van der Waals surface area contributed by atoms with Gasteiger partial charge in [0.2, 0.25) is 0 Å². The normalized spacial score (nSPS) is 11.2. The minimum atomic E-state index is -0.551. The Hall–Kier alpha value is -1.20. The SMILES string of the molecule is CCNCc1cc(F)c(N(CCCO)C(C)C)c(F)c1. The highest BCUT2D eigenvalue weighted by Gasteiger charge is 2.20.